The molecule has 0 aliphatic heterocycles. The molecule has 2 rings (SSSR count). The van der Waals surface area contributed by atoms with Crippen molar-refractivity contribution in [2.24, 2.45) is 0 Å². The van der Waals surface area contributed by atoms with Crippen molar-refractivity contribution in [3.63, 3.8) is 0 Å². The lowest BCUT2D eigenvalue weighted by Gasteiger charge is -2.18. The van der Waals surface area contributed by atoms with Crippen LogP contribution in [0.25, 0.3) is 0 Å². The maximum atomic E-state index is 14.0. The first kappa shape index (κ1) is 19.8. The lowest BCUT2D eigenvalue weighted by molar-refractivity contribution is 0.102. The lowest BCUT2D eigenvalue weighted by Crippen LogP contribution is -2.22. The molecule has 2 aromatic carbocycles. The third kappa shape index (κ3) is 4.79. The molecule has 0 aromatic heterocycles. The highest BCUT2D eigenvalue weighted by molar-refractivity contribution is 6.04. The third-order valence-electron chi connectivity index (χ3n) is 4.24. The molecule has 0 fully saturated rings. The molecule has 0 saturated carbocycles. The van der Waals surface area contributed by atoms with Crippen LogP contribution >= 0.6 is 0 Å². The molecule has 26 heavy (non-hydrogen) atoms. The number of amides is 1. The summed E-state index contributed by atoms with van der Waals surface area (Å²) in [5, 5.41) is 2.54. The van der Waals surface area contributed by atoms with Gasteiger partial charge in [0.05, 0.1) is 0 Å². The Morgan fingerprint density at radius 2 is 1.54 bits per heavy atom. The van der Waals surface area contributed by atoms with Gasteiger partial charge in [-0.05, 0) is 42.9 Å². The van der Waals surface area contributed by atoms with E-state index < -0.39 is 17.5 Å². The molecule has 140 valence electrons. The molecule has 0 bridgehead atoms. The number of nitrogens with zero attached hydrogens (tertiary/aromatic N) is 2. The van der Waals surface area contributed by atoms with E-state index in [1.54, 1.807) is 26.2 Å². The summed E-state index contributed by atoms with van der Waals surface area (Å²) < 4.78 is 28.0. The summed E-state index contributed by atoms with van der Waals surface area (Å²) in [7, 11) is 3.11. The minimum absolute atomic E-state index is 0.0859. The molecule has 0 radical (unpaired) electrons. The molecular weight excluding hydrogens is 336 g/mol. The van der Waals surface area contributed by atoms with Gasteiger partial charge in [-0.15, -0.1) is 0 Å². The van der Waals surface area contributed by atoms with E-state index in [0.717, 1.165) is 37.3 Å². The number of hydrogen-bond donors (Lipinski definition) is 1. The minimum atomic E-state index is -0.722. The fraction of sp³-hybridized carbons (Fsp3) is 0.350. The van der Waals surface area contributed by atoms with Gasteiger partial charge in [0, 0.05) is 31.9 Å². The van der Waals surface area contributed by atoms with Crippen LogP contribution in [0.5, 0.6) is 0 Å². The SMILES string of the molecule is CCN(CC)Cc1ccc(C(=O)Nc2cc(F)c(N(C)C)c(F)c2)cc1. The number of rotatable bonds is 7. The van der Waals surface area contributed by atoms with Gasteiger partial charge in [0.25, 0.3) is 5.91 Å². The number of carbonyl (C=O) groups excluding carboxylic acids is 1. The van der Waals surface area contributed by atoms with Crippen LogP contribution in [-0.4, -0.2) is 38.0 Å². The Bertz CT molecular complexity index is 733. The quantitative estimate of drug-likeness (QED) is 0.806. The second kappa shape index (κ2) is 8.76. The Morgan fingerprint density at radius 1 is 1.00 bits per heavy atom. The van der Waals surface area contributed by atoms with Gasteiger partial charge in [0.15, 0.2) is 11.6 Å². The predicted molar refractivity (Wildman–Crippen MR) is 102 cm³/mol. The van der Waals surface area contributed by atoms with Crippen molar-refractivity contribution in [3.8, 4) is 0 Å². The summed E-state index contributed by atoms with van der Waals surface area (Å²) in [6, 6.07) is 9.45. The Kier molecular flexibility index (Phi) is 6.69. The van der Waals surface area contributed by atoms with E-state index in [0.29, 0.717) is 5.56 Å². The first-order valence-electron chi connectivity index (χ1n) is 8.64. The highest BCUT2D eigenvalue weighted by Gasteiger charge is 2.15. The molecule has 0 heterocycles. The topological polar surface area (TPSA) is 35.6 Å². The highest BCUT2D eigenvalue weighted by atomic mass is 19.1. The molecule has 0 aliphatic rings. The molecule has 1 N–H and O–H groups in total. The van der Waals surface area contributed by atoms with Gasteiger partial charge in [-0.1, -0.05) is 26.0 Å². The summed E-state index contributed by atoms with van der Waals surface area (Å²) in [5.41, 5.74) is 1.50. The van der Waals surface area contributed by atoms with E-state index in [2.05, 4.69) is 24.1 Å². The molecular formula is C20H25F2N3O. The van der Waals surface area contributed by atoms with E-state index in [-0.39, 0.29) is 11.4 Å². The molecule has 0 aliphatic carbocycles. The zero-order chi connectivity index (χ0) is 19.3. The van der Waals surface area contributed by atoms with Crippen molar-refractivity contribution in [2.75, 3.05) is 37.4 Å². The fourth-order valence-electron chi connectivity index (χ4n) is 2.74. The van der Waals surface area contributed by atoms with E-state index in [9.17, 15) is 13.6 Å². The van der Waals surface area contributed by atoms with Crippen molar-refractivity contribution in [2.45, 2.75) is 20.4 Å². The lowest BCUT2D eigenvalue weighted by atomic mass is 10.1. The van der Waals surface area contributed by atoms with Crippen molar-refractivity contribution in [1.82, 2.24) is 4.90 Å². The van der Waals surface area contributed by atoms with E-state index in [1.165, 1.54) is 4.90 Å². The van der Waals surface area contributed by atoms with Gasteiger partial charge in [0.2, 0.25) is 0 Å². The average molecular weight is 361 g/mol. The number of hydrogen-bond acceptors (Lipinski definition) is 3. The number of halogens is 2. The molecule has 0 unspecified atom stereocenters. The molecule has 0 saturated heterocycles. The summed E-state index contributed by atoms with van der Waals surface area (Å²) in [4.78, 5) is 15.9. The molecule has 6 heteroatoms. The van der Waals surface area contributed by atoms with Gasteiger partial charge in [-0.25, -0.2) is 8.78 Å². The van der Waals surface area contributed by atoms with Crippen molar-refractivity contribution in [1.29, 1.82) is 0 Å². The van der Waals surface area contributed by atoms with Gasteiger partial charge in [-0.2, -0.15) is 0 Å². The van der Waals surface area contributed by atoms with Gasteiger partial charge in [-0.3, -0.25) is 9.69 Å². The standard InChI is InChI=1S/C20H25F2N3O/c1-5-25(6-2)13-14-7-9-15(10-8-14)20(26)23-16-11-17(21)19(24(3)4)18(22)12-16/h7-12H,5-6,13H2,1-4H3,(H,23,26). The van der Waals surface area contributed by atoms with Crippen LogP contribution in [-0.2, 0) is 6.54 Å². The monoisotopic (exact) mass is 361 g/mol. The van der Waals surface area contributed by atoms with E-state index in [1.807, 2.05) is 12.1 Å². The molecule has 1 amide bonds. The molecule has 0 spiro atoms. The van der Waals surface area contributed by atoms with Gasteiger partial charge >= 0.3 is 0 Å². The highest BCUT2D eigenvalue weighted by Crippen LogP contribution is 2.25. The van der Waals surface area contributed by atoms with Crippen LogP contribution < -0.4 is 10.2 Å². The predicted octanol–water partition coefficient (Wildman–Crippen LogP) is 4.12. The molecule has 2 aromatic rings. The number of carbonyl (C=O) groups is 1. The Balaban J connectivity index is 2.10. The van der Waals surface area contributed by atoms with Crippen LogP contribution in [0.4, 0.5) is 20.2 Å². The maximum Gasteiger partial charge on any atom is 0.255 e. The minimum Gasteiger partial charge on any atom is -0.373 e. The van der Waals surface area contributed by atoms with Crippen molar-refractivity contribution in [3.05, 3.63) is 59.2 Å². The summed E-state index contributed by atoms with van der Waals surface area (Å²) >= 11 is 0. The second-order valence-corrected chi connectivity index (χ2v) is 6.30. The summed E-state index contributed by atoms with van der Waals surface area (Å²) in [6.07, 6.45) is 0. The first-order chi connectivity index (χ1) is 12.3. The van der Waals surface area contributed by atoms with Crippen molar-refractivity contribution < 1.29 is 13.6 Å². The smallest absolute Gasteiger partial charge is 0.255 e. The largest absolute Gasteiger partial charge is 0.373 e. The van der Waals surface area contributed by atoms with Crippen molar-refractivity contribution >= 4 is 17.3 Å². The Labute approximate surface area is 153 Å². The third-order valence-corrected chi connectivity index (χ3v) is 4.24. The van der Waals surface area contributed by atoms with E-state index >= 15 is 0 Å². The van der Waals surface area contributed by atoms with Crippen LogP contribution in [0, 0.1) is 11.6 Å². The Morgan fingerprint density at radius 3 is 2.00 bits per heavy atom. The zero-order valence-electron chi connectivity index (χ0n) is 15.6. The van der Waals surface area contributed by atoms with E-state index in [4.69, 9.17) is 0 Å². The average Bonchev–Trinajstić information content (AvgIpc) is 2.59. The number of nitrogens with one attached hydrogen (secondary N) is 1. The first-order valence-corrected chi connectivity index (χ1v) is 8.64. The zero-order valence-corrected chi connectivity index (χ0v) is 15.6. The van der Waals surface area contributed by atoms with Crippen LogP contribution in [0.1, 0.15) is 29.8 Å². The van der Waals surface area contributed by atoms with Crippen LogP contribution in [0.2, 0.25) is 0 Å². The maximum absolute atomic E-state index is 14.0. The second-order valence-electron chi connectivity index (χ2n) is 6.30. The Hall–Kier alpha value is -2.47. The van der Waals surface area contributed by atoms with Gasteiger partial charge in [0.1, 0.15) is 5.69 Å². The van der Waals surface area contributed by atoms with Crippen LogP contribution in [0.15, 0.2) is 36.4 Å². The molecule has 4 nitrogen and oxygen atoms in total. The van der Waals surface area contributed by atoms with Crippen LogP contribution in [0.3, 0.4) is 0 Å². The normalized spacial score (nSPS) is 10.9. The fourth-order valence-corrected chi connectivity index (χ4v) is 2.74. The summed E-state index contributed by atoms with van der Waals surface area (Å²) in [6.45, 7) is 6.94. The number of anilines is 2. The molecule has 0 atom stereocenters. The van der Waals surface area contributed by atoms with Gasteiger partial charge < -0.3 is 10.2 Å². The number of benzene rings is 2. The summed E-state index contributed by atoms with van der Waals surface area (Å²) in [5.74, 6) is -1.85.